The molecule has 0 bridgehead atoms. The van der Waals surface area contributed by atoms with E-state index in [0.717, 1.165) is 25.1 Å². The van der Waals surface area contributed by atoms with Gasteiger partial charge in [-0.25, -0.2) is 13.4 Å². The van der Waals surface area contributed by atoms with E-state index >= 15 is 0 Å². The van der Waals surface area contributed by atoms with Crippen molar-refractivity contribution in [2.75, 3.05) is 19.6 Å². The number of halogens is 1. The summed E-state index contributed by atoms with van der Waals surface area (Å²) in [5.74, 6) is 0.583. The molecule has 1 atom stereocenters. The fourth-order valence-electron chi connectivity index (χ4n) is 4.04. The van der Waals surface area contributed by atoms with Crippen molar-refractivity contribution in [3.05, 3.63) is 18.0 Å². The maximum atomic E-state index is 13.0. The minimum absolute atomic E-state index is 0. The Balaban J connectivity index is 0.00000196. The minimum Gasteiger partial charge on any atom is -0.336 e. The third-order valence-electron chi connectivity index (χ3n) is 5.52. The SMILES string of the molecule is CCc1noc2ncc(S(=O)(=O)N3CCC(C4CCCN4)CC3)cc12.Cl. The van der Waals surface area contributed by atoms with Crippen LogP contribution >= 0.6 is 12.4 Å². The molecule has 0 amide bonds. The van der Waals surface area contributed by atoms with Crippen molar-refractivity contribution in [1.82, 2.24) is 19.8 Å². The Morgan fingerprint density at radius 2 is 2.08 bits per heavy atom. The van der Waals surface area contributed by atoms with Crippen LogP contribution < -0.4 is 5.32 Å². The van der Waals surface area contributed by atoms with Crippen LogP contribution in [0.5, 0.6) is 0 Å². The third-order valence-corrected chi connectivity index (χ3v) is 7.38. The molecule has 0 spiro atoms. The molecule has 9 heteroatoms. The van der Waals surface area contributed by atoms with Gasteiger partial charge in [0.15, 0.2) is 0 Å². The second kappa shape index (κ2) is 7.80. The van der Waals surface area contributed by atoms with Crippen molar-refractivity contribution in [1.29, 1.82) is 0 Å². The number of nitrogens with zero attached hydrogens (tertiary/aromatic N) is 3. The Kier molecular flexibility index (Phi) is 5.86. The normalized spacial score (nSPS) is 22.6. The molecule has 0 aliphatic carbocycles. The van der Waals surface area contributed by atoms with E-state index in [1.165, 1.54) is 19.0 Å². The van der Waals surface area contributed by atoms with Crippen LogP contribution in [-0.4, -0.2) is 48.5 Å². The molecular weight excluding hydrogens is 376 g/mol. The third kappa shape index (κ3) is 3.47. The molecular formula is C17H25ClN4O3S. The van der Waals surface area contributed by atoms with Gasteiger partial charge in [-0.3, -0.25) is 0 Å². The predicted octanol–water partition coefficient (Wildman–Crippen LogP) is 2.36. The number of rotatable bonds is 4. The van der Waals surface area contributed by atoms with Crippen molar-refractivity contribution in [2.45, 2.75) is 50.0 Å². The van der Waals surface area contributed by atoms with Gasteiger partial charge >= 0.3 is 0 Å². The Labute approximate surface area is 160 Å². The molecule has 2 aliphatic heterocycles. The quantitative estimate of drug-likeness (QED) is 0.847. The monoisotopic (exact) mass is 400 g/mol. The van der Waals surface area contributed by atoms with Crippen LogP contribution in [0.4, 0.5) is 0 Å². The summed E-state index contributed by atoms with van der Waals surface area (Å²) in [6.07, 6.45) is 6.34. The summed E-state index contributed by atoms with van der Waals surface area (Å²) in [6, 6.07) is 2.21. The molecule has 7 nitrogen and oxygen atoms in total. The number of sulfonamides is 1. The summed E-state index contributed by atoms with van der Waals surface area (Å²) in [7, 11) is -3.52. The Hall–Kier alpha value is -1.22. The predicted molar refractivity (Wildman–Crippen MR) is 101 cm³/mol. The van der Waals surface area contributed by atoms with E-state index in [1.807, 2.05) is 6.92 Å². The zero-order chi connectivity index (χ0) is 17.4. The van der Waals surface area contributed by atoms with E-state index in [9.17, 15) is 8.42 Å². The van der Waals surface area contributed by atoms with Gasteiger partial charge in [0.05, 0.1) is 17.3 Å². The number of piperidine rings is 1. The summed E-state index contributed by atoms with van der Waals surface area (Å²) < 4.78 is 32.7. The molecule has 2 saturated heterocycles. The first kappa shape index (κ1) is 19.5. The average Bonchev–Trinajstić information content (AvgIpc) is 3.31. The molecule has 0 saturated carbocycles. The fraction of sp³-hybridized carbons (Fsp3) is 0.647. The van der Waals surface area contributed by atoms with Crippen LogP contribution in [0.25, 0.3) is 11.1 Å². The Morgan fingerprint density at radius 3 is 2.73 bits per heavy atom. The molecule has 0 aromatic carbocycles. The summed E-state index contributed by atoms with van der Waals surface area (Å²) in [6.45, 7) is 4.20. The highest BCUT2D eigenvalue weighted by Crippen LogP contribution is 2.29. The second-order valence-corrected chi connectivity index (χ2v) is 8.89. The van der Waals surface area contributed by atoms with Gasteiger partial charge in [0.2, 0.25) is 10.0 Å². The van der Waals surface area contributed by atoms with Crippen LogP contribution in [-0.2, 0) is 16.4 Å². The van der Waals surface area contributed by atoms with E-state index in [-0.39, 0.29) is 17.3 Å². The number of aryl methyl sites for hydroxylation is 1. The van der Waals surface area contributed by atoms with Crippen molar-refractivity contribution < 1.29 is 12.9 Å². The average molecular weight is 401 g/mol. The highest BCUT2D eigenvalue weighted by molar-refractivity contribution is 7.89. The molecule has 1 unspecified atom stereocenters. The zero-order valence-corrected chi connectivity index (χ0v) is 16.5. The van der Waals surface area contributed by atoms with Gasteiger partial charge in [-0.2, -0.15) is 4.31 Å². The van der Waals surface area contributed by atoms with Gasteiger partial charge in [-0.1, -0.05) is 12.1 Å². The topological polar surface area (TPSA) is 88.3 Å². The lowest BCUT2D eigenvalue weighted by molar-refractivity contribution is 0.234. The second-order valence-electron chi connectivity index (χ2n) is 6.95. The first-order valence-corrected chi connectivity index (χ1v) is 10.5. The first-order valence-electron chi connectivity index (χ1n) is 9.07. The van der Waals surface area contributed by atoms with Crippen LogP contribution in [0, 0.1) is 5.92 Å². The van der Waals surface area contributed by atoms with Crippen molar-refractivity contribution in [3.63, 3.8) is 0 Å². The van der Waals surface area contributed by atoms with Gasteiger partial charge in [-0.15, -0.1) is 12.4 Å². The summed E-state index contributed by atoms with van der Waals surface area (Å²) in [5, 5.41) is 8.19. The molecule has 4 heterocycles. The Morgan fingerprint density at radius 1 is 1.31 bits per heavy atom. The summed E-state index contributed by atoms with van der Waals surface area (Å²) >= 11 is 0. The lowest BCUT2D eigenvalue weighted by Gasteiger charge is -2.34. The number of pyridine rings is 1. The first-order chi connectivity index (χ1) is 12.1. The van der Waals surface area contributed by atoms with E-state index in [0.29, 0.717) is 42.6 Å². The van der Waals surface area contributed by atoms with Crippen molar-refractivity contribution in [3.8, 4) is 0 Å². The largest absolute Gasteiger partial charge is 0.336 e. The summed E-state index contributed by atoms with van der Waals surface area (Å²) in [4.78, 5) is 4.38. The van der Waals surface area contributed by atoms with E-state index in [4.69, 9.17) is 4.52 Å². The van der Waals surface area contributed by atoms with Crippen molar-refractivity contribution >= 4 is 33.5 Å². The molecule has 2 fully saturated rings. The molecule has 144 valence electrons. The number of fused-ring (bicyclic) bond motifs is 1. The fourth-order valence-corrected chi connectivity index (χ4v) is 5.48. The number of aromatic nitrogens is 2. The van der Waals surface area contributed by atoms with E-state index in [1.54, 1.807) is 10.4 Å². The maximum Gasteiger partial charge on any atom is 0.258 e. The lowest BCUT2D eigenvalue weighted by Crippen LogP contribution is -2.43. The molecule has 2 aromatic rings. The van der Waals surface area contributed by atoms with Gasteiger partial charge in [-0.05, 0) is 50.6 Å². The standard InChI is InChI=1S/C17H24N4O3S.ClH/c1-2-15-14-10-13(11-19-17(14)24-20-15)25(22,23)21-8-5-12(6-9-21)16-4-3-7-18-16;/h10-12,16,18H,2-9H2,1H3;1H. The smallest absolute Gasteiger partial charge is 0.258 e. The number of nitrogens with one attached hydrogen (secondary N) is 1. The Bertz CT molecular complexity index is 856. The van der Waals surface area contributed by atoms with Crippen LogP contribution in [0.15, 0.2) is 21.7 Å². The van der Waals surface area contributed by atoms with Gasteiger partial charge in [0.1, 0.15) is 4.90 Å². The molecule has 2 aliphatic rings. The van der Waals surface area contributed by atoms with Crippen LogP contribution in [0.3, 0.4) is 0 Å². The molecule has 0 radical (unpaired) electrons. The zero-order valence-electron chi connectivity index (χ0n) is 14.8. The number of hydrogen-bond acceptors (Lipinski definition) is 6. The molecule has 2 aromatic heterocycles. The van der Waals surface area contributed by atoms with Crippen LogP contribution in [0.1, 0.15) is 38.3 Å². The lowest BCUT2D eigenvalue weighted by atomic mass is 9.89. The van der Waals surface area contributed by atoms with E-state index in [2.05, 4.69) is 15.5 Å². The summed E-state index contributed by atoms with van der Waals surface area (Å²) in [5.41, 5.74) is 1.13. The van der Waals surface area contributed by atoms with Gasteiger partial charge in [0, 0.05) is 19.1 Å². The molecule has 1 N–H and O–H groups in total. The maximum absolute atomic E-state index is 13.0. The van der Waals surface area contributed by atoms with Gasteiger partial charge < -0.3 is 9.84 Å². The molecule has 26 heavy (non-hydrogen) atoms. The van der Waals surface area contributed by atoms with E-state index < -0.39 is 10.0 Å². The number of hydrogen-bond donors (Lipinski definition) is 1. The highest BCUT2D eigenvalue weighted by Gasteiger charge is 2.33. The van der Waals surface area contributed by atoms with Gasteiger partial charge in [0.25, 0.3) is 5.71 Å². The van der Waals surface area contributed by atoms with Crippen LogP contribution in [0.2, 0.25) is 0 Å². The molecule has 4 rings (SSSR count). The highest BCUT2D eigenvalue weighted by atomic mass is 35.5. The van der Waals surface area contributed by atoms with Crippen molar-refractivity contribution in [2.24, 2.45) is 5.92 Å². The minimum atomic E-state index is -3.52.